The fourth-order valence-corrected chi connectivity index (χ4v) is 3.73. The maximum atomic E-state index is 13.7. The van der Waals surface area contributed by atoms with E-state index < -0.39 is 18.0 Å². The highest BCUT2D eigenvalue weighted by molar-refractivity contribution is 6.34. The Morgan fingerprint density at radius 1 is 1.06 bits per heavy atom. The van der Waals surface area contributed by atoms with Crippen molar-refractivity contribution >= 4 is 46.8 Å². The highest BCUT2D eigenvalue weighted by atomic mass is 35.5. The number of aryl methyl sites for hydroxylation is 1. The van der Waals surface area contributed by atoms with Crippen LogP contribution in [0.15, 0.2) is 54.9 Å². The number of aromatic nitrogens is 2. The van der Waals surface area contributed by atoms with Crippen LogP contribution in [0.3, 0.4) is 0 Å². The Morgan fingerprint density at radius 2 is 1.76 bits per heavy atom. The summed E-state index contributed by atoms with van der Waals surface area (Å²) in [4.78, 5) is 20.5. The van der Waals surface area contributed by atoms with E-state index in [0.29, 0.717) is 16.3 Å². The van der Waals surface area contributed by atoms with E-state index in [1.807, 2.05) is 0 Å². The average Bonchev–Trinajstić information content (AvgIpc) is 2.71. The lowest BCUT2D eigenvalue weighted by Gasteiger charge is -2.18. The normalized spacial score (nSPS) is 12.7. The van der Waals surface area contributed by atoms with Gasteiger partial charge in [0, 0.05) is 29.0 Å². The van der Waals surface area contributed by atoms with E-state index in [-0.39, 0.29) is 27.8 Å². The first-order valence-electron chi connectivity index (χ1n) is 9.59. The second kappa shape index (κ2) is 10.5. The number of amides is 1. The Labute approximate surface area is 203 Å². The molecule has 3 rings (SSSR count). The number of alkyl halides is 3. The quantitative estimate of drug-likeness (QED) is 0.359. The minimum Gasteiger partial charge on any atom is -0.347 e. The molecule has 0 bridgehead atoms. The zero-order valence-corrected chi connectivity index (χ0v) is 19.4. The summed E-state index contributed by atoms with van der Waals surface area (Å²) >= 11 is 17.5. The Kier molecular flexibility index (Phi) is 8.00. The van der Waals surface area contributed by atoms with Crippen LogP contribution in [0, 0.1) is 6.92 Å². The standard InChI is InChI=1S/C23H17Cl3F3N3O/c1-13-6-14(2-4-19(23(27,28)29)16-7-17(24)9-18(25)8-16)10-31-21(13)22(33)32-12-15-3-5-20(26)30-11-15/h2-11,19H,12H2,1H3,(H,32,33). The van der Waals surface area contributed by atoms with Gasteiger partial charge in [-0.3, -0.25) is 9.78 Å². The molecule has 0 aliphatic heterocycles. The molecule has 1 aromatic carbocycles. The van der Waals surface area contributed by atoms with Crippen LogP contribution >= 0.6 is 34.8 Å². The van der Waals surface area contributed by atoms with Gasteiger partial charge in [0.25, 0.3) is 5.91 Å². The molecule has 4 nitrogen and oxygen atoms in total. The van der Waals surface area contributed by atoms with Crippen molar-refractivity contribution in [1.29, 1.82) is 0 Å². The molecule has 0 fully saturated rings. The van der Waals surface area contributed by atoms with E-state index in [1.165, 1.54) is 30.5 Å². The zero-order chi connectivity index (χ0) is 24.2. The van der Waals surface area contributed by atoms with Crippen LogP contribution in [-0.2, 0) is 6.54 Å². The smallest absolute Gasteiger partial charge is 0.347 e. The molecule has 0 radical (unpaired) electrons. The van der Waals surface area contributed by atoms with E-state index in [4.69, 9.17) is 34.8 Å². The maximum Gasteiger partial charge on any atom is 0.399 e. The van der Waals surface area contributed by atoms with Crippen molar-refractivity contribution in [2.75, 3.05) is 0 Å². The van der Waals surface area contributed by atoms with Crippen molar-refractivity contribution in [1.82, 2.24) is 15.3 Å². The number of rotatable bonds is 6. The summed E-state index contributed by atoms with van der Waals surface area (Å²) in [6.07, 6.45) is 0.630. The fourth-order valence-electron chi connectivity index (χ4n) is 3.07. The van der Waals surface area contributed by atoms with Crippen molar-refractivity contribution in [3.05, 3.63) is 98.0 Å². The third-order valence-electron chi connectivity index (χ3n) is 4.63. The van der Waals surface area contributed by atoms with Gasteiger partial charge in [-0.05, 0) is 59.5 Å². The number of benzene rings is 1. The lowest BCUT2D eigenvalue weighted by atomic mass is 9.97. The minimum atomic E-state index is -4.55. The lowest BCUT2D eigenvalue weighted by molar-refractivity contribution is -0.139. The molecule has 1 amide bonds. The number of nitrogens with one attached hydrogen (secondary N) is 1. The molecule has 0 aliphatic carbocycles. The summed E-state index contributed by atoms with van der Waals surface area (Å²) in [7, 11) is 0. The SMILES string of the molecule is Cc1cc(C=CC(c2cc(Cl)cc(Cl)c2)C(F)(F)F)cnc1C(=O)NCc1ccc(Cl)nc1. The van der Waals surface area contributed by atoms with Gasteiger partial charge in [-0.1, -0.05) is 53.0 Å². The number of hydrogen-bond donors (Lipinski definition) is 1. The summed E-state index contributed by atoms with van der Waals surface area (Å²) in [5, 5.41) is 3.29. The predicted octanol–water partition coefficient (Wildman–Crippen LogP) is 7.03. The number of allylic oxidation sites excluding steroid dienone is 1. The van der Waals surface area contributed by atoms with Gasteiger partial charge in [-0.25, -0.2) is 4.98 Å². The minimum absolute atomic E-state index is 0.0754. The lowest BCUT2D eigenvalue weighted by Crippen LogP contribution is -2.24. The van der Waals surface area contributed by atoms with Crippen LogP contribution in [0.1, 0.15) is 38.7 Å². The van der Waals surface area contributed by atoms with Gasteiger partial charge in [0.15, 0.2) is 0 Å². The van der Waals surface area contributed by atoms with E-state index in [9.17, 15) is 18.0 Å². The number of nitrogens with zero attached hydrogens (tertiary/aromatic N) is 2. The summed E-state index contributed by atoms with van der Waals surface area (Å²) in [5.74, 6) is -2.33. The molecule has 2 heterocycles. The molecule has 2 aromatic heterocycles. The van der Waals surface area contributed by atoms with Crippen molar-refractivity contribution in [3.8, 4) is 0 Å². The van der Waals surface area contributed by atoms with Crippen molar-refractivity contribution in [2.45, 2.75) is 25.6 Å². The number of halogens is 6. The molecule has 10 heteroatoms. The fraction of sp³-hybridized carbons (Fsp3) is 0.174. The number of pyridine rings is 2. The summed E-state index contributed by atoms with van der Waals surface area (Å²) in [6.45, 7) is 1.88. The van der Waals surface area contributed by atoms with Crippen LogP contribution < -0.4 is 5.32 Å². The van der Waals surface area contributed by atoms with E-state index in [2.05, 4.69) is 15.3 Å². The molecule has 1 atom stereocenters. The number of carbonyl (C=O) groups excluding carboxylic acids is 1. The van der Waals surface area contributed by atoms with Crippen molar-refractivity contribution < 1.29 is 18.0 Å². The molecule has 0 aliphatic rings. The van der Waals surface area contributed by atoms with Crippen LogP contribution in [-0.4, -0.2) is 22.1 Å². The van der Waals surface area contributed by atoms with Gasteiger partial charge < -0.3 is 5.32 Å². The summed E-state index contributed by atoms with van der Waals surface area (Å²) in [5.41, 5.74) is 1.77. The van der Waals surface area contributed by atoms with Crippen molar-refractivity contribution in [3.63, 3.8) is 0 Å². The van der Waals surface area contributed by atoms with Crippen LogP contribution in [0.4, 0.5) is 13.2 Å². The third kappa shape index (κ3) is 6.93. The Bertz CT molecular complexity index is 1160. The molecule has 0 saturated carbocycles. The van der Waals surface area contributed by atoms with Gasteiger partial charge in [-0.2, -0.15) is 13.2 Å². The molecule has 33 heavy (non-hydrogen) atoms. The Hall–Kier alpha value is -2.61. The molecule has 0 spiro atoms. The molecule has 1 unspecified atom stereocenters. The third-order valence-corrected chi connectivity index (χ3v) is 5.29. The number of carbonyl (C=O) groups is 1. The van der Waals surface area contributed by atoms with Crippen molar-refractivity contribution in [2.24, 2.45) is 0 Å². The van der Waals surface area contributed by atoms with Gasteiger partial charge in [-0.15, -0.1) is 0 Å². The zero-order valence-electron chi connectivity index (χ0n) is 17.1. The van der Waals surface area contributed by atoms with Crippen LogP contribution in [0.5, 0.6) is 0 Å². The molecule has 1 N–H and O–H groups in total. The van der Waals surface area contributed by atoms with Gasteiger partial charge in [0.1, 0.15) is 10.8 Å². The molecule has 3 aromatic rings. The maximum absolute atomic E-state index is 13.7. The highest BCUT2D eigenvalue weighted by Crippen LogP contribution is 2.38. The van der Waals surface area contributed by atoms with E-state index in [0.717, 1.165) is 11.6 Å². The van der Waals surface area contributed by atoms with E-state index in [1.54, 1.807) is 31.3 Å². The first-order valence-corrected chi connectivity index (χ1v) is 10.7. The van der Waals surface area contributed by atoms with Gasteiger partial charge >= 0.3 is 6.18 Å². The highest BCUT2D eigenvalue weighted by Gasteiger charge is 2.39. The van der Waals surface area contributed by atoms with Gasteiger partial charge in [0.2, 0.25) is 0 Å². The molecular weight excluding hydrogens is 498 g/mol. The largest absolute Gasteiger partial charge is 0.399 e. The Morgan fingerprint density at radius 3 is 2.33 bits per heavy atom. The van der Waals surface area contributed by atoms with Crippen LogP contribution in [0.25, 0.3) is 6.08 Å². The first kappa shape index (κ1) is 25.0. The molecule has 0 saturated heterocycles. The second-order valence-electron chi connectivity index (χ2n) is 7.19. The molecule has 172 valence electrons. The number of hydrogen-bond acceptors (Lipinski definition) is 3. The average molecular weight is 515 g/mol. The summed E-state index contributed by atoms with van der Waals surface area (Å²) < 4.78 is 41.0. The Balaban J connectivity index is 1.76. The first-order chi connectivity index (χ1) is 15.5. The molecular formula is C23H17Cl3F3N3O. The van der Waals surface area contributed by atoms with Gasteiger partial charge in [0.05, 0.1) is 5.92 Å². The second-order valence-corrected chi connectivity index (χ2v) is 8.45. The summed E-state index contributed by atoms with van der Waals surface area (Å²) in [6, 6.07) is 8.74. The van der Waals surface area contributed by atoms with Crippen LogP contribution in [0.2, 0.25) is 15.2 Å². The predicted molar refractivity (Wildman–Crippen MR) is 124 cm³/mol. The van der Waals surface area contributed by atoms with E-state index >= 15 is 0 Å². The topological polar surface area (TPSA) is 54.9 Å². The monoisotopic (exact) mass is 513 g/mol.